The van der Waals surface area contributed by atoms with Crippen LogP contribution >= 0.6 is 0 Å². The number of aromatic nitrogens is 5. The second-order valence-electron chi connectivity index (χ2n) is 15.3. The van der Waals surface area contributed by atoms with E-state index in [1.165, 1.54) is 49.2 Å². The average Bonchev–Trinajstić information content (AvgIpc) is 4.08. The number of hydrogen-bond acceptors (Lipinski definition) is 3. The third kappa shape index (κ3) is 3.76. The Kier molecular flexibility index (Phi) is 5.68. The Labute approximate surface area is 329 Å². The molecule has 0 saturated heterocycles. The summed E-state index contributed by atoms with van der Waals surface area (Å²) < 4.78 is 13.7. The Morgan fingerprint density at radius 2 is 0.948 bits per heavy atom. The van der Waals surface area contributed by atoms with Crippen LogP contribution in [0.5, 0.6) is 0 Å². The molecular weight excluding hydrogens is 711 g/mol. The van der Waals surface area contributed by atoms with E-state index in [0.29, 0.717) is 17.3 Å². The molecule has 6 nitrogen and oxygen atoms in total. The van der Waals surface area contributed by atoms with Crippen molar-refractivity contribution < 1.29 is 4.42 Å². The molecule has 268 valence electrons. The molecule has 0 aliphatic rings. The number of hydrogen-bond donors (Lipinski definition) is 0. The summed E-state index contributed by atoms with van der Waals surface area (Å²) in [6, 6.07) is 62.8. The van der Waals surface area contributed by atoms with Crippen molar-refractivity contribution in [3.63, 3.8) is 0 Å². The molecule has 0 fully saturated rings. The Bertz CT molecular complexity index is 3980. The fourth-order valence-corrected chi connectivity index (χ4v) is 9.99. The lowest BCUT2D eigenvalue weighted by Crippen LogP contribution is -2.06. The molecule has 6 aromatic heterocycles. The molecule has 0 bridgehead atoms. The average molecular weight is 740 g/mol. The van der Waals surface area contributed by atoms with E-state index in [1.807, 2.05) is 12.1 Å². The minimum Gasteiger partial charge on any atom is -0.450 e. The first-order valence-corrected chi connectivity index (χ1v) is 19.7. The first-order chi connectivity index (χ1) is 28.8. The van der Waals surface area contributed by atoms with Gasteiger partial charge < -0.3 is 8.82 Å². The van der Waals surface area contributed by atoms with Gasteiger partial charge in [0.05, 0.1) is 38.6 Å². The van der Waals surface area contributed by atoms with Crippen LogP contribution in [0.3, 0.4) is 0 Å². The SMILES string of the molecule is c1ccc(-c2ccc3c(c2)c2cc4c5ccccc5n(-c5nc(-n6c7ccccc7c7ccccc76)c6oc7ccccc7c6n5)c4c4c5ccccc5n3c24)cc1. The second kappa shape index (κ2) is 10.9. The van der Waals surface area contributed by atoms with Crippen LogP contribution in [0.2, 0.25) is 0 Å². The molecule has 0 amide bonds. The van der Waals surface area contributed by atoms with Gasteiger partial charge in [0.25, 0.3) is 0 Å². The largest absolute Gasteiger partial charge is 0.450 e. The van der Waals surface area contributed by atoms with Crippen LogP contribution in [0, 0.1) is 0 Å². The highest BCUT2D eigenvalue weighted by molar-refractivity contribution is 6.34. The van der Waals surface area contributed by atoms with Crippen molar-refractivity contribution >= 4 is 104 Å². The topological polar surface area (TPSA) is 53.2 Å². The van der Waals surface area contributed by atoms with E-state index in [9.17, 15) is 0 Å². The molecule has 0 saturated carbocycles. The third-order valence-corrected chi connectivity index (χ3v) is 12.4. The fourth-order valence-electron chi connectivity index (χ4n) is 9.99. The molecule has 0 aliphatic heterocycles. The van der Waals surface area contributed by atoms with Crippen molar-refractivity contribution in [2.75, 3.05) is 0 Å². The fraction of sp³-hybridized carbons (Fsp3) is 0. The van der Waals surface area contributed by atoms with Crippen LogP contribution in [0.1, 0.15) is 0 Å². The summed E-state index contributed by atoms with van der Waals surface area (Å²) >= 11 is 0. The first kappa shape index (κ1) is 30.3. The zero-order chi connectivity index (χ0) is 37.6. The maximum Gasteiger partial charge on any atom is 0.237 e. The van der Waals surface area contributed by atoms with E-state index in [1.54, 1.807) is 0 Å². The summed E-state index contributed by atoms with van der Waals surface area (Å²) in [4.78, 5) is 11.1. The minimum absolute atomic E-state index is 0.594. The van der Waals surface area contributed by atoms with Gasteiger partial charge in [-0.2, -0.15) is 4.98 Å². The molecule has 14 rings (SSSR count). The standard InChI is InChI=1S/C52H29N5O/c1-2-14-30(15-3-1)31-26-27-44-37(28-31)39-29-38-34-18-6-11-23-42(34)57(49(38)46-35-19-7-12-24-43(35)55(44)48(39)46)52-53-47-36-20-8-13-25-45(36)58-50(47)51(54-52)56-40-21-9-4-16-32(40)33-17-5-10-22-41(33)56/h1-29H. The molecule has 0 spiro atoms. The number of fused-ring (bicyclic) bond motifs is 16. The maximum absolute atomic E-state index is 6.73. The van der Waals surface area contributed by atoms with Gasteiger partial charge in [-0.1, -0.05) is 121 Å². The number of nitrogens with zero attached hydrogens (tertiary/aromatic N) is 5. The van der Waals surface area contributed by atoms with Gasteiger partial charge in [-0.15, -0.1) is 0 Å². The van der Waals surface area contributed by atoms with E-state index in [4.69, 9.17) is 14.4 Å². The van der Waals surface area contributed by atoms with Gasteiger partial charge in [0.1, 0.15) is 11.1 Å². The molecule has 0 aliphatic carbocycles. The molecule has 0 unspecified atom stereocenters. The Morgan fingerprint density at radius 1 is 0.379 bits per heavy atom. The number of furan rings is 1. The normalized spacial score (nSPS) is 12.5. The van der Waals surface area contributed by atoms with Crippen LogP contribution in [0.4, 0.5) is 0 Å². The van der Waals surface area contributed by atoms with Gasteiger partial charge in [-0.05, 0) is 65.7 Å². The van der Waals surface area contributed by atoms with Crippen LogP contribution in [0.15, 0.2) is 180 Å². The quantitative estimate of drug-likeness (QED) is 0.181. The molecule has 0 atom stereocenters. The van der Waals surface area contributed by atoms with Gasteiger partial charge >= 0.3 is 0 Å². The van der Waals surface area contributed by atoms with E-state index in [-0.39, 0.29) is 0 Å². The highest BCUT2D eigenvalue weighted by Crippen LogP contribution is 2.47. The molecular formula is C52H29N5O. The smallest absolute Gasteiger partial charge is 0.237 e. The van der Waals surface area contributed by atoms with Crippen molar-refractivity contribution in [2.24, 2.45) is 0 Å². The molecule has 8 aromatic carbocycles. The highest BCUT2D eigenvalue weighted by Gasteiger charge is 2.27. The Morgan fingerprint density at radius 3 is 1.69 bits per heavy atom. The molecule has 0 radical (unpaired) electrons. The predicted molar refractivity (Wildman–Crippen MR) is 238 cm³/mol. The summed E-state index contributed by atoms with van der Waals surface area (Å²) in [5.41, 5.74) is 12.5. The minimum atomic E-state index is 0.594. The lowest BCUT2D eigenvalue weighted by Gasteiger charge is -2.12. The van der Waals surface area contributed by atoms with E-state index < -0.39 is 0 Å². The third-order valence-electron chi connectivity index (χ3n) is 12.4. The molecule has 58 heavy (non-hydrogen) atoms. The molecule has 0 N–H and O–H groups in total. The van der Waals surface area contributed by atoms with E-state index in [0.717, 1.165) is 60.1 Å². The maximum atomic E-state index is 6.73. The van der Waals surface area contributed by atoms with Crippen LogP contribution in [-0.4, -0.2) is 23.5 Å². The summed E-state index contributed by atoms with van der Waals surface area (Å²) in [5.74, 6) is 1.30. The van der Waals surface area contributed by atoms with Gasteiger partial charge in [-0.3, -0.25) is 9.13 Å². The predicted octanol–water partition coefficient (Wildman–Crippen LogP) is 13.4. The molecule has 6 heteroatoms. The first-order valence-electron chi connectivity index (χ1n) is 19.7. The summed E-state index contributed by atoms with van der Waals surface area (Å²) in [6.07, 6.45) is 0. The van der Waals surface area contributed by atoms with Gasteiger partial charge in [0.15, 0.2) is 11.4 Å². The van der Waals surface area contributed by atoms with E-state index >= 15 is 0 Å². The lowest BCUT2D eigenvalue weighted by atomic mass is 10.00. The monoisotopic (exact) mass is 739 g/mol. The van der Waals surface area contributed by atoms with Gasteiger partial charge in [0, 0.05) is 48.5 Å². The van der Waals surface area contributed by atoms with Crippen molar-refractivity contribution in [3.8, 4) is 22.9 Å². The van der Waals surface area contributed by atoms with Crippen molar-refractivity contribution in [2.45, 2.75) is 0 Å². The van der Waals surface area contributed by atoms with Crippen molar-refractivity contribution in [1.29, 1.82) is 0 Å². The zero-order valence-corrected chi connectivity index (χ0v) is 30.9. The summed E-state index contributed by atoms with van der Waals surface area (Å²) in [6.45, 7) is 0. The lowest BCUT2D eigenvalue weighted by molar-refractivity contribution is 0.661. The summed E-state index contributed by atoms with van der Waals surface area (Å²) in [7, 11) is 0. The molecule has 6 heterocycles. The van der Waals surface area contributed by atoms with Crippen LogP contribution in [0.25, 0.3) is 127 Å². The zero-order valence-electron chi connectivity index (χ0n) is 30.9. The van der Waals surface area contributed by atoms with Crippen LogP contribution in [-0.2, 0) is 0 Å². The van der Waals surface area contributed by atoms with Gasteiger partial charge in [-0.25, -0.2) is 4.98 Å². The second-order valence-corrected chi connectivity index (χ2v) is 15.3. The van der Waals surface area contributed by atoms with E-state index in [2.05, 4.69) is 177 Å². The van der Waals surface area contributed by atoms with Crippen molar-refractivity contribution in [1.82, 2.24) is 23.5 Å². The highest BCUT2D eigenvalue weighted by atomic mass is 16.3. The number of para-hydroxylation sites is 5. The number of benzene rings is 8. The van der Waals surface area contributed by atoms with Crippen molar-refractivity contribution in [3.05, 3.63) is 176 Å². The van der Waals surface area contributed by atoms with Crippen LogP contribution < -0.4 is 0 Å². The Balaban J connectivity index is 1.18. The number of rotatable bonds is 3. The summed E-state index contributed by atoms with van der Waals surface area (Å²) in [5, 5.41) is 10.5. The van der Waals surface area contributed by atoms with Gasteiger partial charge in [0.2, 0.25) is 5.95 Å². The molecule has 14 aromatic rings. The Hall–Kier alpha value is -7.96.